The van der Waals surface area contributed by atoms with Crippen molar-refractivity contribution in [3.8, 4) is 6.07 Å². The minimum atomic E-state index is -0.212. The molecule has 2 aliphatic carbocycles. The fourth-order valence-corrected chi connectivity index (χ4v) is 5.21. The largest absolute Gasteiger partial charge is 0.466 e. The van der Waals surface area contributed by atoms with E-state index in [4.69, 9.17) is 4.74 Å². The third-order valence-electron chi connectivity index (χ3n) is 5.58. The van der Waals surface area contributed by atoms with Crippen molar-refractivity contribution in [1.82, 2.24) is 0 Å². The van der Waals surface area contributed by atoms with Gasteiger partial charge >= 0.3 is 5.97 Å². The first kappa shape index (κ1) is 16.1. The van der Waals surface area contributed by atoms with E-state index in [1.54, 1.807) is 0 Å². The SMILES string of the molecule is CCOC(=O)C1c2cc(C#N)ccc2CC12CC(C)CC(C)C2. The van der Waals surface area contributed by atoms with Gasteiger partial charge < -0.3 is 4.74 Å². The first-order chi connectivity index (χ1) is 11.0. The Kier molecular flexibility index (Phi) is 4.19. The number of benzene rings is 1. The smallest absolute Gasteiger partial charge is 0.313 e. The van der Waals surface area contributed by atoms with E-state index >= 15 is 0 Å². The second-order valence-electron chi connectivity index (χ2n) is 7.60. The molecule has 1 aromatic carbocycles. The molecule has 0 amide bonds. The predicted octanol–water partition coefficient (Wildman–Crippen LogP) is 4.20. The summed E-state index contributed by atoms with van der Waals surface area (Å²) in [6.45, 7) is 6.86. The molecule has 0 aromatic heterocycles. The van der Waals surface area contributed by atoms with Crippen molar-refractivity contribution in [2.24, 2.45) is 17.3 Å². The van der Waals surface area contributed by atoms with E-state index < -0.39 is 0 Å². The van der Waals surface area contributed by atoms with E-state index in [1.807, 2.05) is 25.1 Å². The molecule has 0 saturated heterocycles. The third-order valence-corrected chi connectivity index (χ3v) is 5.58. The quantitative estimate of drug-likeness (QED) is 0.769. The maximum absolute atomic E-state index is 12.8. The van der Waals surface area contributed by atoms with Gasteiger partial charge in [-0.1, -0.05) is 19.9 Å². The topological polar surface area (TPSA) is 50.1 Å². The van der Waals surface area contributed by atoms with Crippen molar-refractivity contribution in [1.29, 1.82) is 5.26 Å². The second-order valence-corrected chi connectivity index (χ2v) is 7.60. The van der Waals surface area contributed by atoms with Crippen LogP contribution in [-0.2, 0) is 16.0 Å². The predicted molar refractivity (Wildman–Crippen MR) is 88.8 cm³/mol. The number of nitriles is 1. The Morgan fingerprint density at radius 3 is 2.65 bits per heavy atom. The van der Waals surface area contributed by atoms with Gasteiger partial charge in [0.15, 0.2) is 0 Å². The average Bonchev–Trinajstić information content (AvgIpc) is 2.77. The molecule has 3 unspecified atom stereocenters. The zero-order valence-corrected chi connectivity index (χ0v) is 14.3. The lowest BCUT2D eigenvalue weighted by Crippen LogP contribution is -2.39. The van der Waals surface area contributed by atoms with Gasteiger partial charge in [0.05, 0.1) is 24.2 Å². The van der Waals surface area contributed by atoms with Crippen LogP contribution in [0.3, 0.4) is 0 Å². The van der Waals surface area contributed by atoms with E-state index in [0.717, 1.165) is 24.8 Å². The molecule has 122 valence electrons. The van der Waals surface area contributed by atoms with Crippen molar-refractivity contribution in [3.05, 3.63) is 34.9 Å². The van der Waals surface area contributed by atoms with Crippen molar-refractivity contribution in [2.45, 2.75) is 52.4 Å². The molecule has 0 radical (unpaired) electrons. The summed E-state index contributed by atoms with van der Waals surface area (Å²) in [7, 11) is 0. The normalized spacial score (nSPS) is 32.3. The van der Waals surface area contributed by atoms with Crippen molar-refractivity contribution >= 4 is 5.97 Å². The van der Waals surface area contributed by atoms with Crippen LogP contribution in [0.5, 0.6) is 0 Å². The lowest BCUT2D eigenvalue weighted by molar-refractivity contribution is -0.149. The van der Waals surface area contributed by atoms with Gasteiger partial charge in [0.25, 0.3) is 0 Å². The molecule has 1 spiro atoms. The molecule has 23 heavy (non-hydrogen) atoms. The van der Waals surface area contributed by atoms with Gasteiger partial charge in [-0.05, 0) is 73.1 Å². The fourth-order valence-electron chi connectivity index (χ4n) is 5.21. The Labute approximate surface area is 138 Å². The number of ether oxygens (including phenoxy) is 1. The lowest BCUT2D eigenvalue weighted by atomic mass is 9.60. The molecule has 1 aromatic rings. The molecule has 3 heteroatoms. The number of carbonyl (C=O) groups excluding carboxylic acids is 1. The molecule has 1 saturated carbocycles. The number of nitrogens with zero attached hydrogens (tertiary/aromatic N) is 1. The van der Waals surface area contributed by atoms with Crippen molar-refractivity contribution < 1.29 is 9.53 Å². The van der Waals surface area contributed by atoms with E-state index in [1.165, 1.54) is 12.0 Å². The first-order valence-electron chi connectivity index (χ1n) is 8.68. The zero-order chi connectivity index (χ0) is 16.6. The monoisotopic (exact) mass is 311 g/mol. The van der Waals surface area contributed by atoms with Crippen LogP contribution in [0, 0.1) is 28.6 Å². The van der Waals surface area contributed by atoms with Gasteiger partial charge in [-0.2, -0.15) is 5.26 Å². The molecular formula is C20H25NO2. The van der Waals surface area contributed by atoms with Crippen LogP contribution in [0.4, 0.5) is 0 Å². The van der Waals surface area contributed by atoms with Crippen LogP contribution in [0.15, 0.2) is 18.2 Å². The molecule has 0 aliphatic heterocycles. The summed E-state index contributed by atoms with van der Waals surface area (Å²) in [5.41, 5.74) is 2.86. The summed E-state index contributed by atoms with van der Waals surface area (Å²) >= 11 is 0. The Bertz CT molecular complexity index is 648. The molecule has 3 rings (SSSR count). The van der Waals surface area contributed by atoms with E-state index in [2.05, 4.69) is 19.9 Å². The highest BCUT2D eigenvalue weighted by Gasteiger charge is 2.53. The summed E-state index contributed by atoms with van der Waals surface area (Å²) < 4.78 is 5.43. The molecule has 0 N–H and O–H groups in total. The van der Waals surface area contributed by atoms with Gasteiger partial charge in [-0.25, -0.2) is 0 Å². The summed E-state index contributed by atoms with van der Waals surface area (Å²) in [6.07, 6.45) is 4.30. The van der Waals surface area contributed by atoms with Crippen molar-refractivity contribution in [2.75, 3.05) is 6.61 Å². The number of carbonyl (C=O) groups is 1. The number of hydrogen-bond donors (Lipinski definition) is 0. The van der Waals surface area contributed by atoms with Crippen LogP contribution >= 0.6 is 0 Å². The highest BCUT2D eigenvalue weighted by atomic mass is 16.5. The molecule has 1 fully saturated rings. The molecule has 0 heterocycles. The average molecular weight is 311 g/mol. The number of hydrogen-bond acceptors (Lipinski definition) is 3. The van der Waals surface area contributed by atoms with Gasteiger partial charge in [0.1, 0.15) is 0 Å². The third kappa shape index (κ3) is 2.76. The van der Waals surface area contributed by atoms with E-state index in [0.29, 0.717) is 24.0 Å². The Morgan fingerprint density at radius 1 is 1.35 bits per heavy atom. The van der Waals surface area contributed by atoms with E-state index in [9.17, 15) is 10.1 Å². The number of fused-ring (bicyclic) bond motifs is 1. The highest BCUT2D eigenvalue weighted by molar-refractivity contribution is 5.81. The standard InChI is InChI=1S/C20H25NO2/c1-4-23-19(22)18-17-8-15(12-21)5-6-16(17)11-20(18)9-13(2)7-14(3)10-20/h5-6,8,13-14,18H,4,7,9-11H2,1-3H3. The zero-order valence-electron chi connectivity index (χ0n) is 14.3. The van der Waals surface area contributed by atoms with Gasteiger partial charge in [0, 0.05) is 0 Å². The van der Waals surface area contributed by atoms with Crippen LogP contribution in [0.2, 0.25) is 0 Å². The second kappa shape index (κ2) is 6.00. The maximum Gasteiger partial charge on any atom is 0.313 e. The first-order valence-corrected chi connectivity index (χ1v) is 8.68. The Morgan fingerprint density at radius 2 is 2.04 bits per heavy atom. The number of esters is 1. The van der Waals surface area contributed by atoms with Crippen molar-refractivity contribution in [3.63, 3.8) is 0 Å². The minimum absolute atomic E-state index is 0.0280. The minimum Gasteiger partial charge on any atom is -0.466 e. The Balaban J connectivity index is 2.07. The lowest BCUT2D eigenvalue weighted by Gasteiger charge is -2.43. The maximum atomic E-state index is 12.8. The Hall–Kier alpha value is -1.82. The summed E-state index contributed by atoms with van der Waals surface area (Å²) in [6, 6.07) is 8.03. The molecule has 2 aliphatic rings. The van der Waals surface area contributed by atoms with Gasteiger partial charge in [-0.15, -0.1) is 0 Å². The van der Waals surface area contributed by atoms with Crippen LogP contribution in [0.1, 0.15) is 62.6 Å². The fraction of sp³-hybridized carbons (Fsp3) is 0.600. The van der Waals surface area contributed by atoms with Crippen LogP contribution < -0.4 is 0 Å². The number of rotatable bonds is 2. The molecule has 3 atom stereocenters. The van der Waals surface area contributed by atoms with Gasteiger partial charge in [0.2, 0.25) is 0 Å². The summed E-state index contributed by atoms with van der Waals surface area (Å²) in [5.74, 6) is 0.930. The molecule has 3 nitrogen and oxygen atoms in total. The van der Waals surface area contributed by atoms with Gasteiger partial charge in [-0.3, -0.25) is 4.79 Å². The van der Waals surface area contributed by atoms with E-state index in [-0.39, 0.29) is 17.3 Å². The van der Waals surface area contributed by atoms with Crippen LogP contribution in [0.25, 0.3) is 0 Å². The summed E-state index contributed by atoms with van der Waals surface area (Å²) in [5, 5.41) is 9.22. The highest BCUT2D eigenvalue weighted by Crippen LogP contribution is 2.58. The van der Waals surface area contributed by atoms with Crippen LogP contribution in [-0.4, -0.2) is 12.6 Å². The summed E-state index contributed by atoms with van der Waals surface area (Å²) in [4.78, 5) is 12.8. The molecule has 0 bridgehead atoms. The molecular weight excluding hydrogens is 286 g/mol.